The zero-order chi connectivity index (χ0) is 11.4. The Morgan fingerprint density at radius 2 is 1.80 bits per heavy atom. The molecule has 0 rings (SSSR count). The SMILES string of the molecule is CCCCCCCOC(C)CCCNC. The molecule has 0 aromatic rings. The smallest absolute Gasteiger partial charge is 0.0547 e. The minimum Gasteiger partial charge on any atom is -0.379 e. The lowest BCUT2D eigenvalue weighted by molar-refractivity contribution is 0.0563. The van der Waals surface area contributed by atoms with E-state index in [9.17, 15) is 0 Å². The summed E-state index contributed by atoms with van der Waals surface area (Å²) in [6.07, 6.45) is 9.45. The monoisotopic (exact) mass is 215 g/mol. The largest absolute Gasteiger partial charge is 0.379 e. The Bertz CT molecular complexity index is 117. The van der Waals surface area contributed by atoms with Gasteiger partial charge in [-0.25, -0.2) is 0 Å². The van der Waals surface area contributed by atoms with Crippen molar-refractivity contribution in [1.29, 1.82) is 0 Å². The highest BCUT2D eigenvalue weighted by molar-refractivity contribution is 4.52. The van der Waals surface area contributed by atoms with E-state index in [2.05, 4.69) is 19.2 Å². The van der Waals surface area contributed by atoms with Crippen molar-refractivity contribution in [1.82, 2.24) is 5.32 Å². The maximum absolute atomic E-state index is 5.74. The second-order valence-corrected chi connectivity index (χ2v) is 4.34. The van der Waals surface area contributed by atoms with Gasteiger partial charge in [-0.15, -0.1) is 0 Å². The molecule has 0 radical (unpaired) electrons. The van der Waals surface area contributed by atoms with Crippen molar-refractivity contribution < 1.29 is 4.74 Å². The molecule has 0 spiro atoms. The highest BCUT2D eigenvalue weighted by Crippen LogP contribution is 2.05. The third kappa shape index (κ3) is 11.8. The number of nitrogens with one attached hydrogen (secondary N) is 1. The summed E-state index contributed by atoms with van der Waals surface area (Å²) < 4.78 is 5.74. The average Bonchev–Trinajstić information content (AvgIpc) is 2.23. The first kappa shape index (κ1) is 14.9. The van der Waals surface area contributed by atoms with E-state index in [1.54, 1.807) is 0 Å². The van der Waals surface area contributed by atoms with Crippen LogP contribution in [0.4, 0.5) is 0 Å². The van der Waals surface area contributed by atoms with Crippen LogP contribution in [0.5, 0.6) is 0 Å². The Morgan fingerprint density at radius 3 is 2.47 bits per heavy atom. The molecular formula is C13H29NO. The molecule has 0 amide bonds. The van der Waals surface area contributed by atoms with Crippen LogP contribution in [0.1, 0.15) is 58.8 Å². The molecule has 0 aromatic heterocycles. The van der Waals surface area contributed by atoms with Gasteiger partial charge in [-0.3, -0.25) is 0 Å². The van der Waals surface area contributed by atoms with E-state index >= 15 is 0 Å². The molecule has 0 heterocycles. The van der Waals surface area contributed by atoms with Gasteiger partial charge in [0.15, 0.2) is 0 Å². The maximum Gasteiger partial charge on any atom is 0.0547 e. The quantitative estimate of drug-likeness (QED) is 0.534. The zero-order valence-electron chi connectivity index (χ0n) is 10.8. The molecule has 0 aliphatic rings. The first-order valence-electron chi connectivity index (χ1n) is 6.57. The van der Waals surface area contributed by atoms with Gasteiger partial charge >= 0.3 is 0 Å². The van der Waals surface area contributed by atoms with Crippen molar-refractivity contribution in [3.8, 4) is 0 Å². The standard InChI is InChI=1S/C13H29NO/c1-4-5-6-7-8-12-15-13(2)10-9-11-14-3/h13-14H,4-12H2,1-3H3. The summed E-state index contributed by atoms with van der Waals surface area (Å²) in [6.45, 7) is 6.48. The summed E-state index contributed by atoms with van der Waals surface area (Å²) in [4.78, 5) is 0. The molecule has 0 bridgehead atoms. The van der Waals surface area contributed by atoms with E-state index in [0.717, 1.165) is 13.2 Å². The fraction of sp³-hybridized carbons (Fsp3) is 1.00. The van der Waals surface area contributed by atoms with Gasteiger partial charge < -0.3 is 10.1 Å². The first-order valence-corrected chi connectivity index (χ1v) is 6.57. The summed E-state index contributed by atoms with van der Waals surface area (Å²) in [5.41, 5.74) is 0. The third-order valence-electron chi connectivity index (χ3n) is 2.69. The van der Waals surface area contributed by atoms with Gasteiger partial charge in [0.2, 0.25) is 0 Å². The van der Waals surface area contributed by atoms with Gasteiger partial charge in [0.1, 0.15) is 0 Å². The third-order valence-corrected chi connectivity index (χ3v) is 2.69. The molecular weight excluding hydrogens is 186 g/mol. The van der Waals surface area contributed by atoms with Gasteiger partial charge in [-0.2, -0.15) is 0 Å². The van der Waals surface area contributed by atoms with Gasteiger partial charge in [0.25, 0.3) is 0 Å². The van der Waals surface area contributed by atoms with E-state index in [4.69, 9.17) is 4.74 Å². The molecule has 2 heteroatoms. The summed E-state index contributed by atoms with van der Waals surface area (Å²) in [6, 6.07) is 0. The summed E-state index contributed by atoms with van der Waals surface area (Å²) in [5, 5.41) is 3.16. The Morgan fingerprint density at radius 1 is 1.07 bits per heavy atom. The minimum absolute atomic E-state index is 0.435. The molecule has 2 nitrogen and oxygen atoms in total. The molecule has 1 unspecified atom stereocenters. The van der Waals surface area contributed by atoms with Crippen LogP contribution >= 0.6 is 0 Å². The minimum atomic E-state index is 0.435. The van der Waals surface area contributed by atoms with Crippen LogP contribution in [-0.2, 0) is 4.74 Å². The van der Waals surface area contributed by atoms with E-state index in [-0.39, 0.29) is 0 Å². The number of hydrogen-bond acceptors (Lipinski definition) is 2. The van der Waals surface area contributed by atoms with E-state index < -0.39 is 0 Å². The number of unbranched alkanes of at least 4 members (excludes halogenated alkanes) is 4. The van der Waals surface area contributed by atoms with Crippen LogP contribution in [-0.4, -0.2) is 26.3 Å². The fourth-order valence-corrected chi connectivity index (χ4v) is 1.64. The van der Waals surface area contributed by atoms with Crippen LogP contribution in [0.25, 0.3) is 0 Å². The molecule has 15 heavy (non-hydrogen) atoms. The Labute approximate surface area is 95.8 Å². The summed E-state index contributed by atoms with van der Waals surface area (Å²) in [7, 11) is 2.00. The fourth-order valence-electron chi connectivity index (χ4n) is 1.64. The van der Waals surface area contributed by atoms with E-state index in [0.29, 0.717) is 6.10 Å². The molecule has 0 saturated heterocycles. The second-order valence-electron chi connectivity index (χ2n) is 4.34. The van der Waals surface area contributed by atoms with Crippen LogP contribution in [0, 0.1) is 0 Å². The molecule has 1 N–H and O–H groups in total. The van der Waals surface area contributed by atoms with Crippen molar-refractivity contribution in [3.63, 3.8) is 0 Å². The van der Waals surface area contributed by atoms with Crippen molar-refractivity contribution in [3.05, 3.63) is 0 Å². The Kier molecular flexibility index (Phi) is 11.9. The molecule has 1 atom stereocenters. The average molecular weight is 215 g/mol. The lowest BCUT2D eigenvalue weighted by Crippen LogP contribution is -2.14. The van der Waals surface area contributed by atoms with E-state index in [1.807, 2.05) is 7.05 Å². The number of ether oxygens (including phenoxy) is 1. The van der Waals surface area contributed by atoms with Crippen LogP contribution in [0.15, 0.2) is 0 Å². The molecule has 92 valence electrons. The molecule has 0 fully saturated rings. The molecule has 0 aliphatic heterocycles. The number of hydrogen-bond donors (Lipinski definition) is 1. The highest BCUT2D eigenvalue weighted by atomic mass is 16.5. The normalized spacial score (nSPS) is 13.0. The molecule has 0 saturated carbocycles. The predicted molar refractivity (Wildman–Crippen MR) is 67.3 cm³/mol. The van der Waals surface area contributed by atoms with Gasteiger partial charge in [-0.1, -0.05) is 32.6 Å². The van der Waals surface area contributed by atoms with Crippen molar-refractivity contribution in [2.45, 2.75) is 64.9 Å². The molecule has 0 aromatic carbocycles. The van der Waals surface area contributed by atoms with Crippen molar-refractivity contribution >= 4 is 0 Å². The summed E-state index contributed by atoms with van der Waals surface area (Å²) in [5.74, 6) is 0. The van der Waals surface area contributed by atoms with E-state index in [1.165, 1.54) is 44.9 Å². The maximum atomic E-state index is 5.74. The highest BCUT2D eigenvalue weighted by Gasteiger charge is 2.00. The van der Waals surface area contributed by atoms with Crippen LogP contribution in [0.2, 0.25) is 0 Å². The van der Waals surface area contributed by atoms with Gasteiger partial charge in [-0.05, 0) is 39.8 Å². The van der Waals surface area contributed by atoms with Crippen molar-refractivity contribution in [2.24, 2.45) is 0 Å². The Hall–Kier alpha value is -0.0800. The van der Waals surface area contributed by atoms with Gasteiger partial charge in [0, 0.05) is 6.61 Å². The first-order chi connectivity index (χ1) is 7.31. The molecule has 0 aliphatic carbocycles. The van der Waals surface area contributed by atoms with Crippen LogP contribution in [0.3, 0.4) is 0 Å². The predicted octanol–water partition coefficient (Wildman–Crippen LogP) is 3.36. The van der Waals surface area contributed by atoms with Crippen LogP contribution < -0.4 is 5.32 Å². The second kappa shape index (κ2) is 12.0. The topological polar surface area (TPSA) is 21.3 Å². The lowest BCUT2D eigenvalue weighted by Gasteiger charge is -2.12. The van der Waals surface area contributed by atoms with Gasteiger partial charge in [0.05, 0.1) is 6.10 Å². The Balaban J connectivity index is 3.06. The zero-order valence-corrected chi connectivity index (χ0v) is 10.8. The number of rotatable bonds is 11. The van der Waals surface area contributed by atoms with Crippen molar-refractivity contribution in [2.75, 3.05) is 20.2 Å². The lowest BCUT2D eigenvalue weighted by atomic mass is 10.1. The summed E-state index contributed by atoms with van der Waals surface area (Å²) >= 11 is 0.